The van der Waals surface area contributed by atoms with Gasteiger partial charge in [-0.15, -0.1) is 4.91 Å². The Kier molecular flexibility index (Phi) is 4.71. The Bertz CT molecular complexity index is 897. The van der Waals surface area contributed by atoms with Crippen LogP contribution in [0.3, 0.4) is 0 Å². The fourth-order valence-electron chi connectivity index (χ4n) is 3.24. The normalized spacial score (nSPS) is 13.7. The summed E-state index contributed by atoms with van der Waals surface area (Å²) >= 11 is 0. The summed E-state index contributed by atoms with van der Waals surface area (Å²) in [5, 5.41) is 12.8. The zero-order chi connectivity index (χ0) is 19.0. The second-order valence-corrected chi connectivity index (χ2v) is 6.64. The largest absolute Gasteiger partial charge is 0.508 e. The van der Waals surface area contributed by atoms with Crippen LogP contribution in [0.2, 0.25) is 0 Å². The molecule has 2 aromatic carbocycles. The molecular formula is C19H18F2N2O3. The van der Waals surface area contributed by atoms with Crippen molar-refractivity contribution in [3.8, 4) is 5.75 Å². The number of nitroso groups, excluding NO2 is 1. The second-order valence-electron chi connectivity index (χ2n) is 6.64. The number of phenolic OH excluding ortho intramolecular Hbond substituents is 1. The van der Waals surface area contributed by atoms with Crippen LogP contribution in [-0.2, 0) is 13.0 Å². The molecule has 0 aliphatic carbocycles. The van der Waals surface area contributed by atoms with Gasteiger partial charge in [0.05, 0.1) is 5.56 Å². The smallest absolute Gasteiger partial charge is 0.256 e. The molecule has 26 heavy (non-hydrogen) atoms. The molecule has 0 saturated heterocycles. The third kappa shape index (κ3) is 3.05. The first-order valence-corrected chi connectivity index (χ1v) is 8.28. The van der Waals surface area contributed by atoms with E-state index in [1.54, 1.807) is 0 Å². The number of carbonyl (C=O) groups is 1. The van der Waals surface area contributed by atoms with Gasteiger partial charge in [0.1, 0.15) is 23.1 Å². The number of fused-ring (bicyclic) bond motifs is 1. The van der Waals surface area contributed by atoms with Crippen LogP contribution in [0.15, 0.2) is 29.4 Å². The molecular weight excluding hydrogens is 342 g/mol. The molecule has 0 spiro atoms. The van der Waals surface area contributed by atoms with Crippen molar-refractivity contribution in [3.05, 3.63) is 63.1 Å². The first-order valence-electron chi connectivity index (χ1n) is 8.28. The molecule has 1 amide bonds. The third-order valence-corrected chi connectivity index (χ3v) is 4.68. The molecule has 7 heteroatoms. The standard InChI is InChI=1S/C19H18F2N2O3/c1-10(2)12-7-13(17(22-26)8-18(12)24)19(25)23-6-5-11-14(9-23)16(21)4-3-15(11)20/h3-4,7-8,10,24H,5-6,9H2,1-2H3. The zero-order valence-corrected chi connectivity index (χ0v) is 14.4. The average Bonchev–Trinajstić information content (AvgIpc) is 2.63. The maximum absolute atomic E-state index is 14.1. The summed E-state index contributed by atoms with van der Waals surface area (Å²) in [7, 11) is 0. The van der Waals surface area contributed by atoms with Gasteiger partial charge in [0, 0.05) is 24.7 Å². The monoisotopic (exact) mass is 360 g/mol. The number of amides is 1. The lowest BCUT2D eigenvalue weighted by Crippen LogP contribution is -2.37. The molecule has 0 bridgehead atoms. The van der Waals surface area contributed by atoms with Crippen LogP contribution >= 0.6 is 0 Å². The Balaban J connectivity index is 1.99. The summed E-state index contributed by atoms with van der Waals surface area (Å²) < 4.78 is 27.9. The van der Waals surface area contributed by atoms with E-state index in [0.29, 0.717) is 5.56 Å². The van der Waals surface area contributed by atoms with Gasteiger partial charge >= 0.3 is 0 Å². The SMILES string of the molecule is CC(C)c1cc(C(=O)N2CCc3c(F)ccc(F)c3C2)c(N=O)cc1O. The van der Waals surface area contributed by atoms with Crippen molar-refractivity contribution in [3.63, 3.8) is 0 Å². The summed E-state index contributed by atoms with van der Waals surface area (Å²) in [4.78, 5) is 25.4. The van der Waals surface area contributed by atoms with Crippen LogP contribution in [0.4, 0.5) is 14.5 Å². The van der Waals surface area contributed by atoms with Crippen LogP contribution in [0, 0.1) is 16.5 Å². The van der Waals surface area contributed by atoms with Gasteiger partial charge in [-0.3, -0.25) is 4.79 Å². The van der Waals surface area contributed by atoms with Gasteiger partial charge in [-0.2, -0.15) is 0 Å². The van der Waals surface area contributed by atoms with Crippen LogP contribution < -0.4 is 0 Å². The van der Waals surface area contributed by atoms with E-state index in [-0.39, 0.29) is 53.6 Å². The summed E-state index contributed by atoms with van der Waals surface area (Å²) in [5.41, 5.74) is 0.795. The van der Waals surface area contributed by atoms with Crippen LogP contribution in [-0.4, -0.2) is 22.5 Å². The predicted molar refractivity (Wildman–Crippen MR) is 92.5 cm³/mol. The van der Waals surface area contributed by atoms with E-state index in [1.807, 2.05) is 13.8 Å². The third-order valence-electron chi connectivity index (χ3n) is 4.68. The number of hydrogen-bond donors (Lipinski definition) is 1. The Hall–Kier alpha value is -2.83. The van der Waals surface area contributed by atoms with Crippen molar-refractivity contribution in [1.82, 2.24) is 4.90 Å². The molecule has 3 rings (SSSR count). The highest BCUT2D eigenvalue weighted by molar-refractivity contribution is 5.99. The molecule has 1 aliphatic heterocycles. The molecule has 1 aliphatic rings. The highest BCUT2D eigenvalue weighted by Crippen LogP contribution is 2.34. The number of benzene rings is 2. The lowest BCUT2D eigenvalue weighted by molar-refractivity contribution is 0.0732. The Labute approximate surface area is 149 Å². The van der Waals surface area contributed by atoms with E-state index in [9.17, 15) is 23.6 Å². The maximum Gasteiger partial charge on any atom is 0.256 e. The Morgan fingerprint density at radius 2 is 1.85 bits per heavy atom. The zero-order valence-electron chi connectivity index (χ0n) is 14.4. The number of aromatic hydroxyl groups is 1. The average molecular weight is 360 g/mol. The minimum absolute atomic E-state index is 0.0433. The molecule has 0 unspecified atom stereocenters. The highest BCUT2D eigenvalue weighted by atomic mass is 19.1. The highest BCUT2D eigenvalue weighted by Gasteiger charge is 2.28. The van der Waals surface area contributed by atoms with Crippen molar-refractivity contribution in [1.29, 1.82) is 0 Å². The molecule has 0 fully saturated rings. The van der Waals surface area contributed by atoms with Crippen LogP contribution in [0.1, 0.15) is 46.8 Å². The van der Waals surface area contributed by atoms with E-state index < -0.39 is 17.5 Å². The number of halogens is 2. The van der Waals surface area contributed by atoms with Gasteiger partial charge in [0.15, 0.2) is 0 Å². The minimum Gasteiger partial charge on any atom is -0.508 e. The molecule has 0 aromatic heterocycles. The van der Waals surface area contributed by atoms with E-state index in [2.05, 4.69) is 5.18 Å². The first-order chi connectivity index (χ1) is 12.3. The summed E-state index contributed by atoms with van der Waals surface area (Å²) in [5.74, 6) is -1.74. The summed E-state index contributed by atoms with van der Waals surface area (Å²) in [6.07, 6.45) is 0.184. The fraction of sp³-hybridized carbons (Fsp3) is 0.316. The molecule has 1 heterocycles. The maximum atomic E-state index is 14.1. The number of phenols is 1. The van der Waals surface area contributed by atoms with Crippen molar-refractivity contribution >= 4 is 11.6 Å². The van der Waals surface area contributed by atoms with Gasteiger partial charge in [0.25, 0.3) is 5.91 Å². The molecule has 0 atom stereocenters. The molecule has 0 saturated carbocycles. The summed E-state index contributed by atoms with van der Waals surface area (Å²) in [6, 6.07) is 4.72. The van der Waals surface area contributed by atoms with Gasteiger partial charge in [-0.25, -0.2) is 8.78 Å². The number of hydrogen-bond acceptors (Lipinski definition) is 4. The topological polar surface area (TPSA) is 70.0 Å². The molecule has 136 valence electrons. The first kappa shape index (κ1) is 18.0. The Morgan fingerprint density at radius 1 is 1.19 bits per heavy atom. The van der Waals surface area contributed by atoms with E-state index in [1.165, 1.54) is 11.0 Å². The predicted octanol–water partition coefficient (Wildman–Crippen LogP) is 4.39. The number of carbonyl (C=O) groups excluding carboxylic acids is 1. The van der Waals surface area contributed by atoms with Crippen LogP contribution in [0.5, 0.6) is 5.75 Å². The van der Waals surface area contributed by atoms with Crippen LogP contribution in [0.25, 0.3) is 0 Å². The van der Waals surface area contributed by atoms with Crippen molar-refractivity contribution < 1.29 is 18.7 Å². The van der Waals surface area contributed by atoms with Gasteiger partial charge < -0.3 is 10.0 Å². The minimum atomic E-state index is -0.568. The second kappa shape index (κ2) is 6.82. The van der Waals surface area contributed by atoms with Gasteiger partial charge in [-0.05, 0) is 46.8 Å². The molecule has 0 radical (unpaired) electrons. The quantitative estimate of drug-likeness (QED) is 0.825. The van der Waals surface area contributed by atoms with Crippen molar-refractivity contribution in [2.24, 2.45) is 5.18 Å². The molecule has 5 nitrogen and oxygen atoms in total. The Morgan fingerprint density at radius 3 is 2.46 bits per heavy atom. The van der Waals surface area contributed by atoms with Gasteiger partial charge in [0.2, 0.25) is 0 Å². The number of rotatable bonds is 3. The molecule has 1 N–H and O–H groups in total. The van der Waals surface area contributed by atoms with E-state index >= 15 is 0 Å². The molecule has 2 aromatic rings. The number of nitrogens with zero attached hydrogens (tertiary/aromatic N) is 2. The lowest BCUT2D eigenvalue weighted by atomic mass is 9.95. The van der Waals surface area contributed by atoms with Crippen molar-refractivity contribution in [2.75, 3.05) is 6.54 Å². The van der Waals surface area contributed by atoms with E-state index in [0.717, 1.165) is 18.2 Å². The van der Waals surface area contributed by atoms with Crippen molar-refractivity contribution in [2.45, 2.75) is 32.7 Å². The fourth-order valence-corrected chi connectivity index (χ4v) is 3.24. The van der Waals surface area contributed by atoms with Gasteiger partial charge in [-0.1, -0.05) is 13.8 Å². The van der Waals surface area contributed by atoms with E-state index in [4.69, 9.17) is 0 Å². The summed E-state index contributed by atoms with van der Waals surface area (Å²) in [6.45, 7) is 3.79. The lowest BCUT2D eigenvalue weighted by Gasteiger charge is -2.30.